The lowest BCUT2D eigenvalue weighted by Crippen LogP contribution is -2.26. The van der Waals surface area contributed by atoms with Crippen LogP contribution in [0.2, 0.25) is 0 Å². The van der Waals surface area contributed by atoms with E-state index in [0.717, 1.165) is 36.2 Å². The average Bonchev–Trinajstić information content (AvgIpc) is 2.92. The Morgan fingerprint density at radius 1 is 1.35 bits per heavy atom. The maximum Gasteiger partial charge on any atom is 0.0957 e. The predicted molar refractivity (Wildman–Crippen MR) is 79.7 cm³/mol. The van der Waals surface area contributed by atoms with Crippen molar-refractivity contribution in [2.24, 2.45) is 7.05 Å². The van der Waals surface area contributed by atoms with Gasteiger partial charge in [-0.25, -0.2) is 0 Å². The van der Waals surface area contributed by atoms with Crippen molar-refractivity contribution in [3.63, 3.8) is 0 Å². The van der Waals surface area contributed by atoms with Crippen molar-refractivity contribution in [2.45, 2.75) is 45.1 Å². The van der Waals surface area contributed by atoms with Gasteiger partial charge in [-0.15, -0.1) is 0 Å². The molecule has 1 N–H and O–H groups in total. The summed E-state index contributed by atoms with van der Waals surface area (Å²) in [4.78, 5) is 0. The van der Waals surface area contributed by atoms with Crippen LogP contribution in [-0.4, -0.2) is 14.9 Å². The summed E-state index contributed by atoms with van der Waals surface area (Å²) in [5.41, 5.74) is 5.07. The fraction of sp³-hybridized carbons (Fsp3) is 0.471. The molecule has 0 saturated heterocycles. The number of aryl methyl sites for hydroxylation is 4. The van der Waals surface area contributed by atoms with Crippen molar-refractivity contribution >= 4 is 0 Å². The second-order valence-electron chi connectivity index (χ2n) is 5.97. The highest BCUT2D eigenvalue weighted by Crippen LogP contribution is 2.39. The van der Waals surface area contributed by atoms with E-state index in [9.17, 15) is 5.11 Å². The molecule has 1 unspecified atom stereocenters. The molecule has 0 bridgehead atoms. The summed E-state index contributed by atoms with van der Waals surface area (Å²) in [6.07, 6.45) is 3.35. The Bertz CT molecular complexity index is 644. The third-order valence-corrected chi connectivity index (χ3v) is 4.44. The largest absolute Gasteiger partial charge is 0.385 e. The number of benzene rings is 1. The zero-order valence-electron chi connectivity index (χ0n) is 12.5. The predicted octanol–water partition coefficient (Wildman–Crippen LogP) is 2.67. The van der Waals surface area contributed by atoms with E-state index in [2.05, 4.69) is 43.2 Å². The quantitative estimate of drug-likeness (QED) is 0.931. The van der Waals surface area contributed by atoms with Crippen LogP contribution in [0, 0.1) is 6.92 Å². The smallest absolute Gasteiger partial charge is 0.0957 e. The SMILES string of the molecule is CCc1cc(CC2(O)CCc3ccc(C)cc32)n(C)n1. The van der Waals surface area contributed by atoms with Gasteiger partial charge in [-0.2, -0.15) is 5.10 Å². The molecular weight excluding hydrogens is 248 g/mol. The minimum atomic E-state index is -0.736. The lowest BCUT2D eigenvalue weighted by molar-refractivity contribution is 0.0370. The molecule has 1 heterocycles. The molecule has 3 rings (SSSR count). The molecule has 1 aliphatic carbocycles. The van der Waals surface area contributed by atoms with Gasteiger partial charge in [0.05, 0.1) is 11.3 Å². The van der Waals surface area contributed by atoms with Gasteiger partial charge >= 0.3 is 0 Å². The van der Waals surface area contributed by atoms with Gasteiger partial charge in [0.1, 0.15) is 0 Å². The zero-order valence-corrected chi connectivity index (χ0v) is 12.5. The van der Waals surface area contributed by atoms with Crippen LogP contribution in [-0.2, 0) is 31.9 Å². The van der Waals surface area contributed by atoms with Crippen molar-refractivity contribution in [1.29, 1.82) is 0 Å². The molecule has 0 spiro atoms. The summed E-state index contributed by atoms with van der Waals surface area (Å²) >= 11 is 0. The summed E-state index contributed by atoms with van der Waals surface area (Å²) in [6, 6.07) is 8.54. The number of aliphatic hydroxyl groups is 1. The number of nitrogens with zero attached hydrogens (tertiary/aromatic N) is 2. The lowest BCUT2D eigenvalue weighted by atomic mass is 9.90. The second-order valence-corrected chi connectivity index (χ2v) is 5.97. The normalized spacial score (nSPS) is 21.2. The van der Waals surface area contributed by atoms with E-state index < -0.39 is 5.60 Å². The number of fused-ring (bicyclic) bond motifs is 1. The van der Waals surface area contributed by atoms with Crippen molar-refractivity contribution in [1.82, 2.24) is 9.78 Å². The minimum Gasteiger partial charge on any atom is -0.385 e. The topological polar surface area (TPSA) is 38.0 Å². The van der Waals surface area contributed by atoms with Crippen molar-refractivity contribution in [3.8, 4) is 0 Å². The molecule has 106 valence electrons. The fourth-order valence-corrected chi connectivity index (χ4v) is 3.21. The van der Waals surface area contributed by atoms with Crippen LogP contribution >= 0.6 is 0 Å². The fourth-order valence-electron chi connectivity index (χ4n) is 3.21. The van der Waals surface area contributed by atoms with E-state index in [4.69, 9.17) is 0 Å². The summed E-state index contributed by atoms with van der Waals surface area (Å²) in [7, 11) is 1.96. The molecule has 1 aromatic heterocycles. The first kappa shape index (κ1) is 13.4. The number of hydrogen-bond donors (Lipinski definition) is 1. The first-order valence-corrected chi connectivity index (χ1v) is 7.36. The summed E-state index contributed by atoms with van der Waals surface area (Å²) in [5, 5.41) is 15.6. The maximum absolute atomic E-state index is 11.1. The molecule has 0 aliphatic heterocycles. The van der Waals surface area contributed by atoms with Crippen LogP contribution in [0.15, 0.2) is 24.3 Å². The molecule has 0 fully saturated rings. The number of hydrogen-bond acceptors (Lipinski definition) is 2. The Hall–Kier alpha value is -1.61. The van der Waals surface area contributed by atoms with Crippen LogP contribution in [0.5, 0.6) is 0 Å². The Labute approximate surface area is 120 Å². The van der Waals surface area contributed by atoms with Crippen LogP contribution in [0.3, 0.4) is 0 Å². The molecule has 3 heteroatoms. The van der Waals surface area contributed by atoms with Crippen molar-refractivity contribution in [3.05, 3.63) is 52.3 Å². The minimum absolute atomic E-state index is 0.646. The van der Waals surface area contributed by atoms with E-state index in [-0.39, 0.29) is 0 Å². The van der Waals surface area contributed by atoms with Gasteiger partial charge in [0.2, 0.25) is 0 Å². The Morgan fingerprint density at radius 2 is 2.15 bits per heavy atom. The Morgan fingerprint density at radius 3 is 2.85 bits per heavy atom. The van der Waals surface area contributed by atoms with Gasteiger partial charge in [-0.3, -0.25) is 4.68 Å². The molecule has 1 aromatic carbocycles. The second kappa shape index (κ2) is 4.74. The van der Waals surface area contributed by atoms with Gasteiger partial charge in [-0.1, -0.05) is 30.7 Å². The highest BCUT2D eigenvalue weighted by atomic mass is 16.3. The van der Waals surface area contributed by atoms with Gasteiger partial charge in [-0.05, 0) is 43.4 Å². The van der Waals surface area contributed by atoms with Crippen LogP contribution in [0.1, 0.15) is 41.4 Å². The zero-order chi connectivity index (χ0) is 14.3. The summed E-state index contributed by atoms with van der Waals surface area (Å²) in [5.74, 6) is 0. The molecule has 0 saturated carbocycles. The van der Waals surface area contributed by atoms with Crippen LogP contribution in [0.25, 0.3) is 0 Å². The third kappa shape index (κ3) is 2.16. The van der Waals surface area contributed by atoms with E-state index in [1.807, 2.05) is 11.7 Å². The molecule has 20 heavy (non-hydrogen) atoms. The Balaban J connectivity index is 1.95. The standard InChI is InChI=1S/C17H22N2O/c1-4-14-10-15(19(3)18-14)11-17(20)8-7-13-6-5-12(2)9-16(13)17/h5-6,9-10,20H,4,7-8,11H2,1-3H3. The number of rotatable bonds is 3. The first-order chi connectivity index (χ1) is 9.51. The molecule has 1 atom stereocenters. The third-order valence-electron chi connectivity index (χ3n) is 4.44. The highest BCUT2D eigenvalue weighted by Gasteiger charge is 2.37. The Kier molecular flexibility index (Phi) is 3.17. The molecular formula is C17H22N2O. The summed E-state index contributed by atoms with van der Waals surface area (Å²) < 4.78 is 1.91. The number of aromatic nitrogens is 2. The van der Waals surface area contributed by atoms with E-state index in [1.165, 1.54) is 11.1 Å². The first-order valence-electron chi connectivity index (χ1n) is 7.36. The maximum atomic E-state index is 11.1. The molecule has 0 radical (unpaired) electrons. The van der Waals surface area contributed by atoms with Crippen LogP contribution in [0.4, 0.5) is 0 Å². The van der Waals surface area contributed by atoms with Crippen molar-refractivity contribution in [2.75, 3.05) is 0 Å². The highest BCUT2D eigenvalue weighted by molar-refractivity contribution is 5.41. The molecule has 0 amide bonds. The van der Waals surface area contributed by atoms with E-state index in [0.29, 0.717) is 6.42 Å². The van der Waals surface area contributed by atoms with Gasteiger partial charge in [0.15, 0.2) is 0 Å². The molecule has 3 nitrogen and oxygen atoms in total. The summed E-state index contributed by atoms with van der Waals surface area (Å²) in [6.45, 7) is 4.19. The monoisotopic (exact) mass is 270 g/mol. The van der Waals surface area contributed by atoms with Crippen LogP contribution < -0.4 is 0 Å². The van der Waals surface area contributed by atoms with Gasteiger partial charge in [0.25, 0.3) is 0 Å². The van der Waals surface area contributed by atoms with Gasteiger partial charge < -0.3 is 5.11 Å². The van der Waals surface area contributed by atoms with E-state index in [1.54, 1.807) is 0 Å². The average molecular weight is 270 g/mol. The van der Waals surface area contributed by atoms with Gasteiger partial charge in [0, 0.05) is 19.2 Å². The van der Waals surface area contributed by atoms with E-state index >= 15 is 0 Å². The molecule has 1 aliphatic rings. The van der Waals surface area contributed by atoms with Crippen molar-refractivity contribution < 1.29 is 5.11 Å². The lowest BCUT2D eigenvalue weighted by Gasteiger charge is -2.24. The molecule has 2 aromatic rings.